The van der Waals surface area contributed by atoms with E-state index in [-0.39, 0.29) is 11.9 Å². The molecule has 0 saturated heterocycles. The Morgan fingerprint density at radius 2 is 1.95 bits per heavy atom. The van der Waals surface area contributed by atoms with Crippen LogP contribution in [-0.4, -0.2) is 11.6 Å². The molecule has 1 atom stereocenters. The van der Waals surface area contributed by atoms with E-state index in [1.807, 2.05) is 45.9 Å². The fourth-order valence-electron chi connectivity index (χ4n) is 2.45. The average Bonchev–Trinajstić information content (AvgIpc) is 2.26. The summed E-state index contributed by atoms with van der Waals surface area (Å²) in [6.07, 6.45) is 0.825. The van der Waals surface area contributed by atoms with E-state index in [9.17, 15) is 4.79 Å². The average molecular weight is 259 g/mol. The summed E-state index contributed by atoms with van der Waals surface area (Å²) >= 11 is 0. The van der Waals surface area contributed by atoms with Crippen LogP contribution in [-0.2, 0) is 16.0 Å². The quantitative estimate of drug-likeness (QED) is 0.789. The van der Waals surface area contributed by atoms with E-state index in [2.05, 4.69) is 6.07 Å². The number of benzene rings is 1. The van der Waals surface area contributed by atoms with Crippen LogP contribution in [0.2, 0.25) is 0 Å². The third kappa shape index (κ3) is 2.80. The zero-order chi connectivity index (χ0) is 14.2. The molecule has 0 aromatic heterocycles. The van der Waals surface area contributed by atoms with Crippen LogP contribution in [0.4, 0.5) is 0 Å². The number of carbonyl (C=O) groups excluding carboxylic acids is 1. The van der Waals surface area contributed by atoms with E-state index in [0.29, 0.717) is 11.3 Å². The van der Waals surface area contributed by atoms with Crippen molar-refractivity contribution in [1.82, 2.24) is 0 Å². The molecule has 0 heterocycles. The summed E-state index contributed by atoms with van der Waals surface area (Å²) < 4.78 is 5.46. The van der Waals surface area contributed by atoms with Crippen LogP contribution >= 0.6 is 0 Å². The SMILES string of the molecule is CC1Cc2ccccc2C(N)=C1C(=O)OC(C)(C)C. The van der Waals surface area contributed by atoms with Gasteiger partial charge in [-0.15, -0.1) is 0 Å². The third-order valence-corrected chi connectivity index (χ3v) is 3.24. The molecule has 0 amide bonds. The van der Waals surface area contributed by atoms with Gasteiger partial charge in [-0.05, 0) is 38.7 Å². The van der Waals surface area contributed by atoms with Gasteiger partial charge in [0.15, 0.2) is 0 Å². The van der Waals surface area contributed by atoms with Crippen molar-refractivity contribution < 1.29 is 9.53 Å². The molecule has 19 heavy (non-hydrogen) atoms. The summed E-state index contributed by atoms with van der Waals surface area (Å²) in [7, 11) is 0. The Morgan fingerprint density at radius 1 is 1.32 bits per heavy atom. The van der Waals surface area contributed by atoms with E-state index in [1.54, 1.807) is 0 Å². The van der Waals surface area contributed by atoms with E-state index in [4.69, 9.17) is 10.5 Å². The summed E-state index contributed by atoms with van der Waals surface area (Å²) in [5.41, 5.74) is 9.00. The topological polar surface area (TPSA) is 52.3 Å². The summed E-state index contributed by atoms with van der Waals surface area (Å²) in [5, 5.41) is 0. The highest BCUT2D eigenvalue weighted by Crippen LogP contribution is 2.33. The second-order valence-electron chi connectivity index (χ2n) is 6.09. The maximum Gasteiger partial charge on any atom is 0.336 e. The van der Waals surface area contributed by atoms with Gasteiger partial charge in [-0.2, -0.15) is 0 Å². The molecule has 0 fully saturated rings. The van der Waals surface area contributed by atoms with Crippen molar-refractivity contribution in [1.29, 1.82) is 0 Å². The Labute approximate surface area is 114 Å². The number of ether oxygens (including phenoxy) is 1. The number of hydrogen-bond donors (Lipinski definition) is 1. The molecule has 1 unspecified atom stereocenters. The minimum atomic E-state index is -0.499. The molecular formula is C16H21NO2. The second-order valence-corrected chi connectivity index (χ2v) is 6.09. The molecule has 2 N–H and O–H groups in total. The third-order valence-electron chi connectivity index (χ3n) is 3.24. The van der Waals surface area contributed by atoms with Crippen LogP contribution in [0.15, 0.2) is 29.8 Å². The molecule has 0 saturated carbocycles. The lowest BCUT2D eigenvalue weighted by Gasteiger charge is -2.28. The van der Waals surface area contributed by atoms with Gasteiger partial charge in [-0.1, -0.05) is 31.2 Å². The van der Waals surface area contributed by atoms with Crippen LogP contribution in [0.1, 0.15) is 38.8 Å². The highest BCUT2D eigenvalue weighted by molar-refractivity contribution is 5.99. The van der Waals surface area contributed by atoms with Gasteiger partial charge in [0, 0.05) is 11.3 Å². The maximum absolute atomic E-state index is 12.3. The Hall–Kier alpha value is -1.77. The standard InChI is InChI=1S/C16H21NO2/c1-10-9-11-7-5-6-8-12(11)14(17)13(10)15(18)19-16(2,3)4/h5-8,10H,9,17H2,1-4H3. The second kappa shape index (κ2) is 4.72. The van der Waals surface area contributed by atoms with Crippen LogP contribution in [0.25, 0.3) is 5.70 Å². The predicted octanol–water partition coefficient (Wildman–Crippen LogP) is 2.89. The minimum absolute atomic E-state index is 0.0877. The Kier molecular flexibility index (Phi) is 3.40. The molecule has 3 nitrogen and oxygen atoms in total. The molecule has 102 valence electrons. The Morgan fingerprint density at radius 3 is 2.58 bits per heavy atom. The van der Waals surface area contributed by atoms with E-state index < -0.39 is 5.60 Å². The highest BCUT2D eigenvalue weighted by atomic mass is 16.6. The molecular weight excluding hydrogens is 238 g/mol. The van der Waals surface area contributed by atoms with Gasteiger partial charge in [0.25, 0.3) is 0 Å². The lowest BCUT2D eigenvalue weighted by Crippen LogP contribution is -2.30. The lowest BCUT2D eigenvalue weighted by atomic mass is 9.82. The van der Waals surface area contributed by atoms with E-state index in [1.165, 1.54) is 5.56 Å². The maximum atomic E-state index is 12.3. The predicted molar refractivity (Wildman–Crippen MR) is 76.3 cm³/mol. The summed E-state index contributed by atoms with van der Waals surface area (Å²) in [6.45, 7) is 7.61. The van der Waals surface area contributed by atoms with Crippen molar-refractivity contribution in [3.05, 3.63) is 41.0 Å². The summed E-state index contributed by atoms with van der Waals surface area (Å²) in [5.74, 6) is -0.211. The van der Waals surface area contributed by atoms with Crippen LogP contribution < -0.4 is 5.73 Å². The fraction of sp³-hybridized carbons (Fsp3) is 0.438. The van der Waals surface area contributed by atoms with Gasteiger partial charge in [0.2, 0.25) is 0 Å². The Balaban J connectivity index is 2.42. The van der Waals surface area contributed by atoms with Crippen molar-refractivity contribution >= 4 is 11.7 Å². The number of fused-ring (bicyclic) bond motifs is 1. The smallest absolute Gasteiger partial charge is 0.336 e. The van der Waals surface area contributed by atoms with Gasteiger partial charge < -0.3 is 10.5 Å². The fourth-order valence-corrected chi connectivity index (χ4v) is 2.45. The normalized spacial score (nSPS) is 19.1. The van der Waals surface area contributed by atoms with Crippen molar-refractivity contribution in [3.63, 3.8) is 0 Å². The number of carbonyl (C=O) groups is 1. The Bertz CT molecular complexity index is 538. The summed E-state index contributed by atoms with van der Waals surface area (Å²) in [4.78, 5) is 12.3. The summed E-state index contributed by atoms with van der Waals surface area (Å²) in [6, 6.07) is 7.96. The van der Waals surface area contributed by atoms with Crippen molar-refractivity contribution in [2.45, 2.75) is 39.7 Å². The zero-order valence-electron chi connectivity index (χ0n) is 12.0. The molecule has 3 heteroatoms. The first-order chi connectivity index (χ1) is 8.79. The van der Waals surface area contributed by atoms with Crippen LogP contribution in [0, 0.1) is 5.92 Å². The van der Waals surface area contributed by atoms with Crippen molar-refractivity contribution in [3.8, 4) is 0 Å². The first-order valence-electron chi connectivity index (χ1n) is 6.61. The monoisotopic (exact) mass is 259 g/mol. The molecule has 1 aliphatic carbocycles. The zero-order valence-corrected chi connectivity index (χ0v) is 12.0. The van der Waals surface area contributed by atoms with Crippen molar-refractivity contribution in [2.24, 2.45) is 11.7 Å². The first-order valence-corrected chi connectivity index (χ1v) is 6.61. The molecule has 1 aromatic carbocycles. The molecule has 0 radical (unpaired) electrons. The minimum Gasteiger partial charge on any atom is -0.457 e. The lowest BCUT2D eigenvalue weighted by molar-refractivity contribution is -0.150. The number of hydrogen-bond acceptors (Lipinski definition) is 3. The largest absolute Gasteiger partial charge is 0.457 e. The van der Waals surface area contributed by atoms with Gasteiger partial charge in [-0.25, -0.2) is 4.79 Å². The molecule has 0 aliphatic heterocycles. The highest BCUT2D eigenvalue weighted by Gasteiger charge is 2.30. The number of rotatable bonds is 1. The van der Waals surface area contributed by atoms with Gasteiger partial charge in [-0.3, -0.25) is 0 Å². The van der Waals surface area contributed by atoms with Crippen molar-refractivity contribution in [2.75, 3.05) is 0 Å². The van der Waals surface area contributed by atoms with Gasteiger partial charge in [0.05, 0.1) is 5.57 Å². The van der Waals surface area contributed by atoms with Crippen LogP contribution in [0.3, 0.4) is 0 Å². The van der Waals surface area contributed by atoms with Crippen LogP contribution in [0.5, 0.6) is 0 Å². The molecule has 2 rings (SSSR count). The van der Waals surface area contributed by atoms with Gasteiger partial charge >= 0.3 is 5.97 Å². The molecule has 1 aliphatic rings. The first kappa shape index (κ1) is 13.7. The van der Waals surface area contributed by atoms with E-state index in [0.717, 1.165) is 12.0 Å². The van der Waals surface area contributed by atoms with E-state index >= 15 is 0 Å². The number of esters is 1. The molecule has 1 aromatic rings. The number of nitrogens with two attached hydrogens (primary N) is 1. The molecule has 0 spiro atoms. The van der Waals surface area contributed by atoms with Gasteiger partial charge in [0.1, 0.15) is 5.60 Å². The molecule has 0 bridgehead atoms.